The van der Waals surface area contributed by atoms with Crippen LogP contribution in [0.4, 0.5) is 0 Å². The Kier molecular flexibility index (Phi) is 5.41. The maximum atomic E-state index is 12.5. The number of benzene rings is 1. The predicted molar refractivity (Wildman–Crippen MR) is 106 cm³/mol. The van der Waals surface area contributed by atoms with Crippen LogP contribution in [0.1, 0.15) is 53.7 Å². The summed E-state index contributed by atoms with van der Waals surface area (Å²) < 4.78 is 0. The number of rotatable bonds is 4. The van der Waals surface area contributed by atoms with E-state index in [1.807, 2.05) is 18.2 Å². The smallest absolute Gasteiger partial charge is 0.251 e. The van der Waals surface area contributed by atoms with Crippen molar-refractivity contribution in [3.05, 3.63) is 40.0 Å². The minimum Gasteiger partial charge on any atom is -0.351 e. The lowest BCUT2D eigenvalue weighted by molar-refractivity contribution is 0.0946. The molecular formula is C21H26ClN3O. The molecule has 2 aromatic rings. The molecule has 0 saturated carbocycles. The van der Waals surface area contributed by atoms with Gasteiger partial charge in [0.05, 0.1) is 10.5 Å². The summed E-state index contributed by atoms with van der Waals surface area (Å²) in [4.78, 5) is 19.7. The number of hydrogen-bond donors (Lipinski definition) is 1. The van der Waals surface area contributed by atoms with Crippen molar-refractivity contribution in [3.8, 4) is 0 Å². The summed E-state index contributed by atoms with van der Waals surface area (Å²) in [5.41, 5.74) is 3.80. The third-order valence-electron chi connectivity index (χ3n) is 5.62. The van der Waals surface area contributed by atoms with Crippen LogP contribution in [0.25, 0.3) is 10.9 Å². The number of aromatic nitrogens is 1. The topological polar surface area (TPSA) is 45.2 Å². The van der Waals surface area contributed by atoms with E-state index in [-0.39, 0.29) is 5.91 Å². The number of piperidine rings is 1. The van der Waals surface area contributed by atoms with Crippen LogP contribution in [-0.2, 0) is 12.8 Å². The van der Waals surface area contributed by atoms with Crippen LogP contribution in [0, 0.1) is 0 Å². The molecule has 0 bridgehead atoms. The molecule has 4 rings (SSSR count). The molecule has 1 aliphatic carbocycles. The molecule has 26 heavy (non-hydrogen) atoms. The maximum absolute atomic E-state index is 12.5. The van der Waals surface area contributed by atoms with Crippen molar-refractivity contribution in [1.82, 2.24) is 15.2 Å². The van der Waals surface area contributed by atoms with Crippen LogP contribution in [0.15, 0.2) is 18.2 Å². The maximum Gasteiger partial charge on any atom is 0.251 e. The van der Waals surface area contributed by atoms with Crippen molar-refractivity contribution in [2.24, 2.45) is 0 Å². The van der Waals surface area contributed by atoms with Gasteiger partial charge in [0.1, 0.15) is 0 Å². The molecule has 1 saturated heterocycles. The van der Waals surface area contributed by atoms with Crippen molar-refractivity contribution in [3.63, 3.8) is 0 Å². The Balaban J connectivity index is 1.47. The Labute approximate surface area is 159 Å². The highest BCUT2D eigenvalue weighted by molar-refractivity contribution is 6.36. The first-order valence-corrected chi connectivity index (χ1v) is 10.2. The normalized spacial score (nSPS) is 17.9. The fraction of sp³-hybridized carbons (Fsp3) is 0.524. The number of likely N-dealkylation sites (tertiary alicyclic amines) is 1. The molecule has 0 atom stereocenters. The lowest BCUT2D eigenvalue weighted by Gasteiger charge is -2.26. The Morgan fingerprint density at radius 3 is 2.77 bits per heavy atom. The molecule has 1 aromatic carbocycles. The second-order valence-corrected chi connectivity index (χ2v) is 7.83. The van der Waals surface area contributed by atoms with Crippen LogP contribution < -0.4 is 5.32 Å². The number of aryl methyl sites for hydroxylation is 1. The van der Waals surface area contributed by atoms with E-state index >= 15 is 0 Å². The average Bonchev–Trinajstić information content (AvgIpc) is 2.68. The number of nitrogens with one attached hydrogen (secondary N) is 1. The Bertz CT molecular complexity index is 814. The number of carbonyl (C=O) groups is 1. The third-order valence-corrected chi connectivity index (χ3v) is 6.05. The Hall–Kier alpha value is -1.65. The van der Waals surface area contributed by atoms with E-state index < -0.39 is 0 Å². The zero-order chi connectivity index (χ0) is 17.9. The van der Waals surface area contributed by atoms with Gasteiger partial charge in [-0.3, -0.25) is 9.78 Å². The molecule has 0 radical (unpaired) electrons. The average molecular weight is 372 g/mol. The van der Waals surface area contributed by atoms with Crippen molar-refractivity contribution < 1.29 is 4.79 Å². The highest BCUT2D eigenvalue weighted by atomic mass is 35.5. The number of hydrogen-bond acceptors (Lipinski definition) is 3. The standard InChI is InChI=1S/C21H26ClN3O/c22-20-16-6-2-3-7-18(16)24-19-14-15(8-9-17(19)20)21(26)23-10-13-25-11-4-1-5-12-25/h8-9,14H,1-7,10-13H2,(H,23,26). The van der Waals surface area contributed by atoms with E-state index in [0.717, 1.165) is 54.1 Å². The number of halogens is 1. The fourth-order valence-electron chi connectivity index (χ4n) is 4.12. The molecule has 1 amide bonds. The van der Waals surface area contributed by atoms with Crippen molar-refractivity contribution >= 4 is 28.4 Å². The second kappa shape index (κ2) is 7.93. The quantitative estimate of drug-likeness (QED) is 0.884. The van der Waals surface area contributed by atoms with Gasteiger partial charge >= 0.3 is 0 Å². The van der Waals surface area contributed by atoms with Gasteiger partial charge in [0.15, 0.2) is 0 Å². The van der Waals surface area contributed by atoms with E-state index in [4.69, 9.17) is 16.6 Å². The van der Waals surface area contributed by atoms with Crippen LogP contribution >= 0.6 is 11.6 Å². The number of carbonyl (C=O) groups excluding carboxylic acids is 1. The molecule has 138 valence electrons. The Morgan fingerprint density at radius 2 is 1.92 bits per heavy atom. The van der Waals surface area contributed by atoms with Gasteiger partial charge < -0.3 is 10.2 Å². The van der Waals surface area contributed by atoms with Crippen LogP contribution in [0.3, 0.4) is 0 Å². The first-order chi connectivity index (χ1) is 12.7. The number of pyridine rings is 1. The fourth-order valence-corrected chi connectivity index (χ4v) is 4.48. The highest BCUT2D eigenvalue weighted by Gasteiger charge is 2.18. The van der Waals surface area contributed by atoms with Gasteiger partial charge in [0.2, 0.25) is 0 Å². The van der Waals surface area contributed by atoms with Gasteiger partial charge in [-0.05, 0) is 69.3 Å². The SMILES string of the molecule is O=C(NCCN1CCCCC1)c1ccc2c(Cl)c3c(nc2c1)CCCC3. The predicted octanol–water partition coefficient (Wildman–Crippen LogP) is 3.98. The molecule has 2 heterocycles. The highest BCUT2D eigenvalue weighted by Crippen LogP contribution is 2.33. The molecule has 0 unspecified atom stereocenters. The Morgan fingerprint density at radius 1 is 1.12 bits per heavy atom. The zero-order valence-corrected chi connectivity index (χ0v) is 15.9. The molecule has 4 nitrogen and oxygen atoms in total. The molecular weight excluding hydrogens is 346 g/mol. The number of amides is 1. The lowest BCUT2D eigenvalue weighted by atomic mass is 9.94. The lowest BCUT2D eigenvalue weighted by Crippen LogP contribution is -2.37. The van der Waals surface area contributed by atoms with Gasteiger partial charge in [0.25, 0.3) is 5.91 Å². The molecule has 1 N–H and O–H groups in total. The molecule has 2 aliphatic rings. The van der Waals surface area contributed by atoms with E-state index in [1.54, 1.807) is 0 Å². The molecule has 1 fully saturated rings. The monoisotopic (exact) mass is 371 g/mol. The summed E-state index contributed by atoms with van der Waals surface area (Å²) in [6, 6.07) is 5.69. The molecule has 1 aliphatic heterocycles. The van der Waals surface area contributed by atoms with Gasteiger partial charge in [-0.1, -0.05) is 24.1 Å². The van der Waals surface area contributed by atoms with E-state index in [2.05, 4.69) is 10.2 Å². The van der Waals surface area contributed by atoms with Crippen LogP contribution in [-0.4, -0.2) is 42.0 Å². The third kappa shape index (κ3) is 3.72. The van der Waals surface area contributed by atoms with Gasteiger partial charge in [-0.2, -0.15) is 0 Å². The van der Waals surface area contributed by atoms with Crippen LogP contribution in [0.2, 0.25) is 5.02 Å². The van der Waals surface area contributed by atoms with Gasteiger partial charge in [-0.15, -0.1) is 0 Å². The summed E-state index contributed by atoms with van der Waals surface area (Å²) in [5.74, 6) is -0.0282. The van der Waals surface area contributed by atoms with E-state index in [0.29, 0.717) is 12.1 Å². The minimum atomic E-state index is -0.0282. The van der Waals surface area contributed by atoms with Gasteiger partial charge in [-0.25, -0.2) is 0 Å². The van der Waals surface area contributed by atoms with Crippen molar-refractivity contribution in [2.45, 2.75) is 44.9 Å². The first-order valence-electron chi connectivity index (χ1n) is 9.84. The van der Waals surface area contributed by atoms with Crippen LogP contribution in [0.5, 0.6) is 0 Å². The zero-order valence-electron chi connectivity index (χ0n) is 15.2. The summed E-state index contributed by atoms with van der Waals surface area (Å²) in [6.45, 7) is 3.92. The summed E-state index contributed by atoms with van der Waals surface area (Å²) in [7, 11) is 0. The molecule has 0 spiro atoms. The molecule has 5 heteroatoms. The van der Waals surface area contributed by atoms with Crippen molar-refractivity contribution in [1.29, 1.82) is 0 Å². The molecule has 1 aromatic heterocycles. The van der Waals surface area contributed by atoms with Crippen molar-refractivity contribution in [2.75, 3.05) is 26.2 Å². The second-order valence-electron chi connectivity index (χ2n) is 7.45. The van der Waals surface area contributed by atoms with E-state index in [1.165, 1.54) is 37.7 Å². The van der Waals surface area contributed by atoms with E-state index in [9.17, 15) is 4.79 Å². The first kappa shape index (κ1) is 17.7. The van der Waals surface area contributed by atoms with Gasteiger partial charge in [0, 0.05) is 29.7 Å². The largest absolute Gasteiger partial charge is 0.351 e. The summed E-state index contributed by atoms with van der Waals surface area (Å²) >= 11 is 6.61. The summed E-state index contributed by atoms with van der Waals surface area (Å²) in [6.07, 6.45) is 8.22. The summed E-state index contributed by atoms with van der Waals surface area (Å²) in [5, 5.41) is 4.82. The minimum absolute atomic E-state index is 0.0282. The number of nitrogens with zero attached hydrogens (tertiary/aromatic N) is 2. The number of fused-ring (bicyclic) bond motifs is 2.